The lowest BCUT2D eigenvalue weighted by atomic mass is 9.76. The molecule has 2 heterocycles. The van der Waals surface area contributed by atoms with Crippen LogP contribution in [0.25, 0.3) is 0 Å². The average Bonchev–Trinajstić information content (AvgIpc) is 3.41. The summed E-state index contributed by atoms with van der Waals surface area (Å²) in [5, 5.41) is 23.4. The first-order valence-corrected chi connectivity index (χ1v) is 12.1. The Morgan fingerprint density at radius 3 is 2.51 bits per heavy atom. The molecule has 194 valence electrons. The van der Waals surface area contributed by atoms with E-state index in [2.05, 4.69) is 16.7 Å². The number of ketones is 1. The fourth-order valence-electron chi connectivity index (χ4n) is 5.03. The van der Waals surface area contributed by atoms with Crippen molar-refractivity contribution in [3.63, 3.8) is 0 Å². The number of benzene rings is 1. The Morgan fingerprint density at radius 2 is 1.89 bits per heavy atom. The molecule has 2 aliphatic rings. The number of halogens is 3. The third kappa shape index (κ3) is 5.20. The molecule has 3 N–H and O–H groups in total. The monoisotopic (exact) mass is 532 g/mol. The van der Waals surface area contributed by atoms with Crippen molar-refractivity contribution >= 4 is 40.9 Å². The van der Waals surface area contributed by atoms with Gasteiger partial charge in [0.2, 0.25) is 0 Å². The van der Waals surface area contributed by atoms with Crippen LogP contribution in [0.4, 0.5) is 14.5 Å². The fraction of sp³-hybridized carbons (Fsp3) is 0.400. The Morgan fingerprint density at radius 1 is 1.19 bits per heavy atom. The Bertz CT molecular complexity index is 1340. The number of nitrogens with zero attached hydrogens (tertiary/aromatic N) is 2. The number of nitrogens with one attached hydrogen (secondary N) is 2. The number of fused-ring (bicyclic) bond motifs is 1. The zero-order valence-corrected chi connectivity index (χ0v) is 20.3. The predicted octanol–water partition coefficient (Wildman–Crippen LogP) is 3.84. The van der Waals surface area contributed by atoms with Gasteiger partial charge in [-0.1, -0.05) is 11.6 Å². The zero-order valence-electron chi connectivity index (χ0n) is 19.6. The number of Topliss-reactive ketones (excluding diaryl/α,β-unsaturated/α-hetero) is 1. The van der Waals surface area contributed by atoms with Crippen LogP contribution in [-0.2, 0) is 22.6 Å². The topological polar surface area (TPSA) is 141 Å². The number of hydrogen-bond donors (Lipinski definition) is 3. The minimum atomic E-state index is -1.32. The van der Waals surface area contributed by atoms with Gasteiger partial charge in [-0.25, -0.2) is 8.78 Å². The van der Waals surface area contributed by atoms with E-state index in [1.165, 1.54) is 10.6 Å². The van der Waals surface area contributed by atoms with E-state index >= 15 is 0 Å². The van der Waals surface area contributed by atoms with Crippen molar-refractivity contribution in [1.82, 2.24) is 9.88 Å². The van der Waals surface area contributed by atoms with Crippen molar-refractivity contribution < 1.29 is 33.1 Å². The summed E-state index contributed by atoms with van der Waals surface area (Å²) in [4.78, 5) is 50.2. The number of carbonyl (C=O) groups excluding carboxylic acids is 3. The quantitative estimate of drug-likeness (QED) is 0.365. The minimum absolute atomic E-state index is 0.0157. The third-order valence-electron chi connectivity index (χ3n) is 6.92. The van der Waals surface area contributed by atoms with E-state index in [1.807, 2.05) is 0 Å². The van der Waals surface area contributed by atoms with E-state index in [1.54, 1.807) is 0 Å². The number of aromatic nitrogens is 1. The van der Waals surface area contributed by atoms with Gasteiger partial charge in [0.15, 0.2) is 11.6 Å². The lowest BCUT2D eigenvalue weighted by Gasteiger charge is -2.34. The van der Waals surface area contributed by atoms with Crippen LogP contribution in [0.15, 0.2) is 18.2 Å². The molecular weight excluding hydrogens is 510 g/mol. The molecule has 2 aromatic rings. The van der Waals surface area contributed by atoms with E-state index in [0.29, 0.717) is 37.9 Å². The second kappa shape index (κ2) is 10.3. The summed E-state index contributed by atoms with van der Waals surface area (Å²) in [5.41, 5.74) is -1.12. The summed E-state index contributed by atoms with van der Waals surface area (Å²) in [6.45, 7) is 0.335. The van der Waals surface area contributed by atoms with Crippen molar-refractivity contribution in [3.05, 3.63) is 51.8 Å². The number of hydrogen-bond acceptors (Lipinski definition) is 5. The molecule has 0 unspecified atom stereocenters. The van der Waals surface area contributed by atoms with Crippen LogP contribution >= 0.6 is 11.6 Å². The average molecular weight is 533 g/mol. The van der Waals surface area contributed by atoms with Crippen LogP contribution in [0.1, 0.15) is 65.1 Å². The van der Waals surface area contributed by atoms with Gasteiger partial charge < -0.3 is 20.3 Å². The molecule has 2 amide bonds. The van der Waals surface area contributed by atoms with Crippen LogP contribution in [0.2, 0.25) is 5.02 Å². The largest absolute Gasteiger partial charge is 0.481 e. The predicted molar refractivity (Wildman–Crippen MR) is 127 cm³/mol. The first kappa shape index (κ1) is 26.3. The smallest absolute Gasteiger partial charge is 0.303 e. The molecule has 37 heavy (non-hydrogen) atoms. The molecule has 1 aromatic carbocycles. The molecule has 1 fully saturated rings. The lowest BCUT2D eigenvalue weighted by molar-refractivity contribution is -0.138. The zero-order chi connectivity index (χ0) is 26.9. The Hall–Kier alpha value is -3.78. The molecule has 9 nitrogen and oxygen atoms in total. The van der Waals surface area contributed by atoms with Crippen LogP contribution < -0.4 is 10.6 Å². The van der Waals surface area contributed by atoms with Gasteiger partial charge in [0.25, 0.3) is 17.6 Å². The minimum Gasteiger partial charge on any atom is -0.481 e. The maximum absolute atomic E-state index is 13.6. The summed E-state index contributed by atoms with van der Waals surface area (Å²) in [5.74, 6) is -6.10. The Labute approximate surface area is 215 Å². The molecule has 0 bridgehead atoms. The van der Waals surface area contributed by atoms with Crippen molar-refractivity contribution in [2.45, 2.75) is 57.0 Å². The highest BCUT2D eigenvalue weighted by Crippen LogP contribution is 2.36. The standard InChI is InChI=1S/C25H23ClF2N4O5/c26-20-19(23(36)30-14-3-4-15(27)16(28)11-14)17-2-1-9-32(17)21(20)22(35)24(37)31-25(12-29)7-5-13(6-8-25)10-18(33)34/h3-4,11,13H,1-2,5-10H2,(H,30,36)(H,31,37)(H,33,34). The molecule has 12 heteroatoms. The van der Waals surface area contributed by atoms with Gasteiger partial charge in [0.1, 0.15) is 11.2 Å². The van der Waals surface area contributed by atoms with Gasteiger partial charge in [-0.3, -0.25) is 19.2 Å². The first-order valence-electron chi connectivity index (χ1n) is 11.7. The number of rotatable bonds is 7. The highest BCUT2D eigenvalue weighted by atomic mass is 35.5. The molecule has 0 saturated heterocycles. The van der Waals surface area contributed by atoms with E-state index in [-0.39, 0.29) is 47.1 Å². The van der Waals surface area contributed by atoms with Crippen LogP contribution in [0.5, 0.6) is 0 Å². The molecule has 4 rings (SSSR count). The molecule has 1 aliphatic heterocycles. The molecule has 0 atom stereocenters. The van der Waals surface area contributed by atoms with Crippen LogP contribution in [0.3, 0.4) is 0 Å². The van der Waals surface area contributed by atoms with Gasteiger partial charge in [-0.2, -0.15) is 5.26 Å². The first-order chi connectivity index (χ1) is 17.5. The number of carbonyl (C=O) groups is 4. The van der Waals surface area contributed by atoms with E-state index in [4.69, 9.17) is 16.7 Å². The highest BCUT2D eigenvalue weighted by molar-refractivity contribution is 6.48. The fourth-order valence-corrected chi connectivity index (χ4v) is 5.42. The lowest BCUT2D eigenvalue weighted by Crippen LogP contribution is -2.52. The van der Waals surface area contributed by atoms with Crippen molar-refractivity contribution in [3.8, 4) is 6.07 Å². The molecule has 0 radical (unpaired) electrons. The summed E-state index contributed by atoms with van der Waals surface area (Å²) in [6, 6.07) is 4.90. The third-order valence-corrected chi connectivity index (χ3v) is 7.29. The SMILES string of the molecule is N#CC1(NC(=O)C(=O)c2c(Cl)c(C(=O)Nc3ccc(F)c(F)c3)c3n2CCC3)CCC(CC(=O)O)CC1. The van der Waals surface area contributed by atoms with E-state index in [9.17, 15) is 33.2 Å². The van der Waals surface area contributed by atoms with Crippen molar-refractivity contribution in [1.29, 1.82) is 5.26 Å². The van der Waals surface area contributed by atoms with Gasteiger partial charge in [-0.05, 0) is 56.6 Å². The number of nitriles is 1. The Balaban J connectivity index is 1.55. The summed E-state index contributed by atoms with van der Waals surface area (Å²) in [7, 11) is 0. The summed E-state index contributed by atoms with van der Waals surface area (Å²) >= 11 is 6.45. The molecule has 1 aliphatic carbocycles. The molecule has 1 saturated carbocycles. The number of aliphatic carboxylic acids is 1. The van der Waals surface area contributed by atoms with E-state index < -0.39 is 40.7 Å². The number of carboxylic acids is 1. The van der Waals surface area contributed by atoms with E-state index in [0.717, 1.165) is 12.1 Å². The van der Waals surface area contributed by atoms with Crippen molar-refractivity contribution in [2.75, 3.05) is 5.32 Å². The number of carboxylic acid groups (broad SMARTS) is 1. The maximum Gasteiger partial charge on any atom is 0.303 e. The number of amides is 2. The summed E-state index contributed by atoms with van der Waals surface area (Å²) in [6.07, 6.45) is 2.17. The molecule has 0 spiro atoms. The highest BCUT2D eigenvalue weighted by Gasteiger charge is 2.41. The Kier molecular flexibility index (Phi) is 7.32. The molecular formula is C25H23ClF2N4O5. The van der Waals surface area contributed by atoms with Crippen molar-refractivity contribution in [2.24, 2.45) is 5.92 Å². The normalized spacial score (nSPS) is 20.5. The van der Waals surface area contributed by atoms with Gasteiger partial charge >= 0.3 is 5.97 Å². The van der Waals surface area contributed by atoms with Gasteiger partial charge in [0.05, 0.1) is 16.7 Å². The van der Waals surface area contributed by atoms with Crippen LogP contribution in [0, 0.1) is 28.9 Å². The maximum atomic E-state index is 13.6. The number of anilines is 1. The summed E-state index contributed by atoms with van der Waals surface area (Å²) < 4.78 is 28.3. The van der Waals surface area contributed by atoms with Gasteiger partial charge in [-0.15, -0.1) is 0 Å². The second-order valence-electron chi connectivity index (χ2n) is 9.34. The molecule has 1 aromatic heterocycles. The second-order valence-corrected chi connectivity index (χ2v) is 9.72. The van der Waals surface area contributed by atoms with Crippen LogP contribution in [-0.4, -0.2) is 38.8 Å². The van der Waals surface area contributed by atoms with Gasteiger partial charge in [0, 0.05) is 30.4 Å².